The molecular weight excluding hydrogens is 162 g/mol. The molecule has 1 saturated carbocycles. The van der Waals surface area contributed by atoms with Crippen molar-refractivity contribution in [2.24, 2.45) is 0 Å². The minimum Gasteiger partial charge on any atom is -0.388 e. The lowest BCUT2D eigenvalue weighted by Gasteiger charge is -2.49. The average molecular weight is 183 g/mol. The Morgan fingerprint density at radius 3 is 2.85 bits per heavy atom. The third kappa shape index (κ3) is 1.62. The Balaban J connectivity index is 2.11. The van der Waals surface area contributed by atoms with E-state index in [0.29, 0.717) is 6.04 Å². The van der Waals surface area contributed by atoms with Crippen molar-refractivity contribution in [2.75, 3.05) is 13.1 Å². The van der Waals surface area contributed by atoms with Crippen molar-refractivity contribution >= 4 is 0 Å². The zero-order valence-electron chi connectivity index (χ0n) is 8.63. The van der Waals surface area contributed by atoms with Crippen LogP contribution in [0.25, 0.3) is 0 Å². The van der Waals surface area contributed by atoms with Gasteiger partial charge in [0.2, 0.25) is 0 Å². The SMILES string of the molecule is CCN1CCC[C@]2(O)CCCC[C@@H]12. The fourth-order valence-electron chi connectivity index (χ4n) is 3.14. The summed E-state index contributed by atoms with van der Waals surface area (Å²) >= 11 is 0. The molecule has 0 aromatic heterocycles. The molecule has 0 spiro atoms. The van der Waals surface area contributed by atoms with Gasteiger partial charge < -0.3 is 5.11 Å². The zero-order valence-corrected chi connectivity index (χ0v) is 8.63. The molecule has 2 nitrogen and oxygen atoms in total. The minimum absolute atomic E-state index is 0.327. The van der Waals surface area contributed by atoms with E-state index in [1.54, 1.807) is 0 Å². The normalized spacial score (nSPS) is 41.5. The summed E-state index contributed by atoms with van der Waals surface area (Å²) < 4.78 is 0. The highest BCUT2D eigenvalue weighted by atomic mass is 16.3. The molecule has 0 aromatic carbocycles. The van der Waals surface area contributed by atoms with Gasteiger partial charge in [0.15, 0.2) is 0 Å². The Hall–Kier alpha value is -0.0800. The van der Waals surface area contributed by atoms with E-state index in [2.05, 4.69) is 11.8 Å². The third-order valence-electron chi connectivity index (χ3n) is 3.86. The van der Waals surface area contributed by atoms with Crippen LogP contribution in [0.15, 0.2) is 0 Å². The van der Waals surface area contributed by atoms with Crippen molar-refractivity contribution in [3.63, 3.8) is 0 Å². The summed E-state index contributed by atoms with van der Waals surface area (Å²) in [6, 6.07) is 0.472. The molecule has 2 aliphatic rings. The van der Waals surface area contributed by atoms with Crippen LogP contribution in [-0.2, 0) is 0 Å². The van der Waals surface area contributed by atoms with Crippen molar-refractivity contribution in [1.82, 2.24) is 4.90 Å². The minimum atomic E-state index is -0.327. The van der Waals surface area contributed by atoms with Gasteiger partial charge in [-0.25, -0.2) is 0 Å². The maximum atomic E-state index is 10.5. The van der Waals surface area contributed by atoms with Gasteiger partial charge >= 0.3 is 0 Å². The number of likely N-dealkylation sites (tertiary alicyclic amines) is 1. The zero-order chi connectivity index (χ0) is 9.31. The van der Waals surface area contributed by atoms with Gasteiger partial charge in [-0.3, -0.25) is 4.90 Å². The molecule has 1 aliphatic carbocycles. The molecule has 2 fully saturated rings. The number of piperidine rings is 1. The van der Waals surface area contributed by atoms with Crippen molar-refractivity contribution in [3.8, 4) is 0 Å². The first-order chi connectivity index (χ1) is 6.26. The molecule has 0 radical (unpaired) electrons. The largest absolute Gasteiger partial charge is 0.388 e. The van der Waals surface area contributed by atoms with Crippen LogP contribution in [0, 0.1) is 0 Å². The summed E-state index contributed by atoms with van der Waals surface area (Å²) in [4.78, 5) is 2.47. The molecule has 1 heterocycles. The number of rotatable bonds is 1. The lowest BCUT2D eigenvalue weighted by molar-refractivity contribution is -0.102. The van der Waals surface area contributed by atoms with E-state index < -0.39 is 0 Å². The number of fused-ring (bicyclic) bond motifs is 1. The number of nitrogens with zero attached hydrogens (tertiary/aromatic N) is 1. The monoisotopic (exact) mass is 183 g/mol. The molecular formula is C11H21NO. The Labute approximate surface area is 80.9 Å². The lowest BCUT2D eigenvalue weighted by Crippen LogP contribution is -2.58. The quantitative estimate of drug-likeness (QED) is 0.670. The highest BCUT2D eigenvalue weighted by Crippen LogP contribution is 2.38. The third-order valence-corrected chi connectivity index (χ3v) is 3.86. The summed E-state index contributed by atoms with van der Waals surface area (Å²) in [5, 5.41) is 10.5. The van der Waals surface area contributed by atoms with Crippen molar-refractivity contribution < 1.29 is 5.11 Å². The first kappa shape index (κ1) is 9.47. The highest BCUT2D eigenvalue weighted by Gasteiger charge is 2.43. The van der Waals surface area contributed by atoms with Crippen LogP contribution < -0.4 is 0 Å². The van der Waals surface area contributed by atoms with Crippen LogP contribution >= 0.6 is 0 Å². The van der Waals surface area contributed by atoms with Gasteiger partial charge in [-0.05, 0) is 38.8 Å². The topological polar surface area (TPSA) is 23.5 Å². The van der Waals surface area contributed by atoms with Crippen LogP contribution in [0.1, 0.15) is 45.4 Å². The predicted octanol–water partition coefficient (Wildman–Crippen LogP) is 1.78. The highest BCUT2D eigenvalue weighted by molar-refractivity contribution is 4.98. The van der Waals surface area contributed by atoms with Crippen molar-refractivity contribution in [2.45, 2.75) is 57.1 Å². The van der Waals surface area contributed by atoms with E-state index in [-0.39, 0.29) is 5.60 Å². The predicted molar refractivity (Wildman–Crippen MR) is 53.7 cm³/mol. The molecule has 1 N–H and O–H groups in total. The Bertz CT molecular complexity index is 179. The molecule has 13 heavy (non-hydrogen) atoms. The second-order valence-corrected chi connectivity index (χ2v) is 4.60. The molecule has 0 bridgehead atoms. The van der Waals surface area contributed by atoms with Crippen molar-refractivity contribution in [3.05, 3.63) is 0 Å². The molecule has 1 aliphatic heterocycles. The number of likely N-dealkylation sites (N-methyl/N-ethyl adjacent to an activating group) is 1. The van der Waals surface area contributed by atoms with Gasteiger partial charge in [0, 0.05) is 6.04 Å². The van der Waals surface area contributed by atoms with E-state index in [1.807, 2.05) is 0 Å². The van der Waals surface area contributed by atoms with E-state index in [1.165, 1.54) is 32.2 Å². The van der Waals surface area contributed by atoms with Gasteiger partial charge in [-0.2, -0.15) is 0 Å². The average Bonchev–Trinajstić information content (AvgIpc) is 2.15. The number of aliphatic hydroxyl groups is 1. The first-order valence-corrected chi connectivity index (χ1v) is 5.73. The van der Waals surface area contributed by atoms with E-state index in [4.69, 9.17) is 0 Å². The standard InChI is InChI=1S/C11H21NO/c1-2-12-9-5-8-11(13)7-4-3-6-10(11)12/h10,13H,2-9H2,1H3/t10-,11-/m1/s1. The fraction of sp³-hybridized carbons (Fsp3) is 1.00. The molecule has 0 aromatic rings. The van der Waals surface area contributed by atoms with Gasteiger partial charge in [-0.1, -0.05) is 19.8 Å². The van der Waals surface area contributed by atoms with E-state index in [0.717, 1.165) is 19.4 Å². The lowest BCUT2D eigenvalue weighted by atomic mass is 9.74. The Kier molecular flexibility index (Phi) is 2.61. The number of hydrogen-bond donors (Lipinski definition) is 1. The summed E-state index contributed by atoms with van der Waals surface area (Å²) in [5.74, 6) is 0. The smallest absolute Gasteiger partial charge is 0.0802 e. The fourth-order valence-corrected chi connectivity index (χ4v) is 3.14. The second-order valence-electron chi connectivity index (χ2n) is 4.60. The molecule has 76 valence electrons. The molecule has 2 heteroatoms. The van der Waals surface area contributed by atoms with Crippen LogP contribution in [-0.4, -0.2) is 34.7 Å². The van der Waals surface area contributed by atoms with Crippen LogP contribution in [0.2, 0.25) is 0 Å². The maximum Gasteiger partial charge on any atom is 0.0802 e. The van der Waals surface area contributed by atoms with Crippen LogP contribution in [0.4, 0.5) is 0 Å². The Morgan fingerprint density at radius 1 is 1.31 bits per heavy atom. The van der Waals surface area contributed by atoms with Gasteiger partial charge in [0.1, 0.15) is 0 Å². The summed E-state index contributed by atoms with van der Waals surface area (Å²) in [6.45, 7) is 4.51. The maximum absolute atomic E-state index is 10.5. The molecule has 2 atom stereocenters. The van der Waals surface area contributed by atoms with Crippen LogP contribution in [0.5, 0.6) is 0 Å². The van der Waals surface area contributed by atoms with Gasteiger partial charge in [0.05, 0.1) is 5.60 Å². The molecule has 1 saturated heterocycles. The summed E-state index contributed by atoms with van der Waals surface area (Å²) in [5.41, 5.74) is -0.327. The van der Waals surface area contributed by atoms with E-state index >= 15 is 0 Å². The number of hydrogen-bond acceptors (Lipinski definition) is 2. The van der Waals surface area contributed by atoms with Crippen LogP contribution in [0.3, 0.4) is 0 Å². The Morgan fingerprint density at radius 2 is 2.08 bits per heavy atom. The van der Waals surface area contributed by atoms with Crippen molar-refractivity contribution in [1.29, 1.82) is 0 Å². The van der Waals surface area contributed by atoms with Gasteiger partial charge in [0.25, 0.3) is 0 Å². The molecule has 0 amide bonds. The molecule has 0 unspecified atom stereocenters. The summed E-state index contributed by atoms with van der Waals surface area (Å²) in [6.07, 6.45) is 7.00. The second kappa shape index (κ2) is 3.58. The first-order valence-electron chi connectivity index (χ1n) is 5.73. The van der Waals surface area contributed by atoms with E-state index in [9.17, 15) is 5.11 Å². The van der Waals surface area contributed by atoms with Gasteiger partial charge in [-0.15, -0.1) is 0 Å². The molecule has 2 rings (SSSR count). The summed E-state index contributed by atoms with van der Waals surface area (Å²) in [7, 11) is 0.